The number of benzene rings is 1. The Morgan fingerprint density at radius 1 is 1.09 bits per heavy atom. The molecular formula is C26H32N6. The van der Waals surface area contributed by atoms with Crippen LogP contribution in [0.5, 0.6) is 0 Å². The van der Waals surface area contributed by atoms with Crippen LogP contribution >= 0.6 is 0 Å². The Morgan fingerprint density at radius 2 is 1.91 bits per heavy atom. The molecule has 0 saturated heterocycles. The summed E-state index contributed by atoms with van der Waals surface area (Å²) in [7, 11) is 2.19. The van der Waals surface area contributed by atoms with Crippen molar-refractivity contribution in [1.29, 1.82) is 0 Å². The van der Waals surface area contributed by atoms with Crippen molar-refractivity contribution < 1.29 is 0 Å². The van der Waals surface area contributed by atoms with Gasteiger partial charge >= 0.3 is 0 Å². The van der Waals surface area contributed by atoms with E-state index in [1.807, 2.05) is 23.0 Å². The maximum absolute atomic E-state index is 5.03. The first-order chi connectivity index (χ1) is 15.5. The Morgan fingerprint density at radius 3 is 2.66 bits per heavy atom. The van der Waals surface area contributed by atoms with Crippen molar-refractivity contribution in [3.8, 4) is 11.3 Å². The summed E-state index contributed by atoms with van der Waals surface area (Å²) in [5, 5.41) is 9.16. The number of fused-ring (bicyclic) bond motifs is 1. The Labute approximate surface area is 190 Å². The van der Waals surface area contributed by atoms with Gasteiger partial charge in [-0.2, -0.15) is 5.10 Å². The molecule has 6 heteroatoms. The molecule has 6 nitrogen and oxygen atoms in total. The molecule has 0 saturated carbocycles. The van der Waals surface area contributed by atoms with Gasteiger partial charge in [0, 0.05) is 36.2 Å². The van der Waals surface area contributed by atoms with Crippen molar-refractivity contribution in [3.63, 3.8) is 0 Å². The van der Waals surface area contributed by atoms with Crippen LogP contribution in [-0.2, 0) is 6.54 Å². The minimum Gasteiger partial charge on any atom is -0.355 e. The van der Waals surface area contributed by atoms with Crippen molar-refractivity contribution >= 4 is 22.4 Å². The lowest BCUT2D eigenvalue weighted by atomic mass is 10.1. The number of nitrogens with zero attached hydrogens (tertiary/aromatic N) is 5. The van der Waals surface area contributed by atoms with Crippen molar-refractivity contribution in [2.75, 3.05) is 18.9 Å². The Bertz CT molecular complexity index is 1170. The summed E-state index contributed by atoms with van der Waals surface area (Å²) in [5.74, 6) is 0. The third kappa shape index (κ3) is 4.97. The first kappa shape index (κ1) is 22.0. The molecular weight excluding hydrogens is 396 g/mol. The molecule has 4 aromatic rings. The lowest BCUT2D eigenvalue weighted by Crippen LogP contribution is -2.18. The molecule has 1 aromatic carbocycles. The van der Waals surface area contributed by atoms with Gasteiger partial charge in [0.05, 0.1) is 23.0 Å². The number of pyridine rings is 2. The third-order valence-electron chi connectivity index (χ3n) is 5.58. The van der Waals surface area contributed by atoms with Crippen LogP contribution in [0.25, 0.3) is 22.3 Å². The standard InChI is InChI=1S/C26H32N6/c1-5-6-14-31(4)18-20-8-7-9-21(15-20)24-16-25(29-22-10-12-27-13-11-22)23-17-28-32(19(2)3)26(23)30-24/h7-13,15-17,19H,5-6,14,18H2,1-4H3,(H,27,29,30). The fraction of sp³-hybridized carbons (Fsp3) is 0.346. The van der Waals surface area contributed by atoms with Crippen LogP contribution in [0.15, 0.2) is 61.1 Å². The van der Waals surface area contributed by atoms with Gasteiger partial charge in [0.2, 0.25) is 0 Å². The quantitative estimate of drug-likeness (QED) is 0.352. The van der Waals surface area contributed by atoms with Crippen LogP contribution in [0.3, 0.4) is 0 Å². The zero-order valence-corrected chi connectivity index (χ0v) is 19.4. The van der Waals surface area contributed by atoms with Crippen LogP contribution in [-0.4, -0.2) is 38.2 Å². The smallest absolute Gasteiger partial charge is 0.160 e. The number of nitrogens with one attached hydrogen (secondary N) is 1. The van der Waals surface area contributed by atoms with E-state index >= 15 is 0 Å². The van der Waals surface area contributed by atoms with Crippen LogP contribution in [0.1, 0.15) is 45.2 Å². The Hall–Kier alpha value is -3.25. The van der Waals surface area contributed by atoms with E-state index in [2.05, 4.69) is 78.5 Å². The summed E-state index contributed by atoms with van der Waals surface area (Å²) < 4.78 is 1.99. The number of anilines is 2. The van der Waals surface area contributed by atoms with E-state index in [4.69, 9.17) is 4.98 Å². The molecule has 0 radical (unpaired) electrons. The van der Waals surface area contributed by atoms with Gasteiger partial charge in [-0.1, -0.05) is 31.5 Å². The monoisotopic (exact) mass is 428 g/mol. The predicted octanol–water partition coefficient (Wildman–Crippen LogP) is 6.05. The number of unbranched alkanes of at least 4 members (excludes halogenated alkanes) is 1. The molecule has 0 unspecified atom stereocenters. The van der Waals surface area contributed by atoms with E-state index in [0.29, 0.717) is 0 Å². The summed E-state index contributed by atoms with van der Waals surface area (Å²) in [5.41, 5.74) is 6.22. The summed E-state index contributed by atoms with van der Waals surface area (Å²) in [4.78, 5) is 11.5. The third-order valence-corrected chi connectivity index (χ3v) is 5.58. The van der Waals surface area contributed by atoms with Crippen molar-refractivity contribution in [3.05, 3.63) is 66.6 Å². The van der Waals surface area contributed by atoms with Gasteiger partial charge < -0.3 is 10.2 Å². The van der Waals surface area contributed by atoms with Crippen LogP contribution in [0, 0.1) is 0 Å². The molecule has 0 fully saturated rings. The maximum atomic E-state index is 5.03. The minimum absolute atomic E-state index is 0.225. The highest BCUT2D eigenvalue weighted by Gasteiger charge is 2.15. The molecule has 0 aliphatic carbocycles. The molecule has 0 spiro atoms. The second-order valence-corrected chi connectivity index (χ2v) is 8.63. The van der Waals surface area contributed by atoms with Crippen LogP contribution in [0.2, 0.25) is 0 Å². The molecule has 0 amide bonds. The van der Waals surface area contributed by atoms with Crippen molar-refractivity contribution in [2.45, 2.75) is 46.2 Å². The molecule has 0 atom stereocenters. The number of hydrogen-bond donors (Lipinski definition) is 1. The predicted molar refractivity (Wildman–Crippen MR) is 132 cm³/mol. The van der Waals surface area contributed by atoms with Gasteiger partial charge in [-0.05, 0) is 63.7 Å². The molecule has 0 aliphatic rings. The molecule has 166 valence electrons. The second-order valence-electron chi connectivity index (χ2n) is 8.63. The molecule has 4 rings (SSSR count). The average molecular weight is 429 g/mol. The number of rotatable bonds is 9. The summed E-state index contributed by atoms with van der Waals surface area (Å²) in [6.07, 6.45) is 7.91. The highest BCUT2D eigenvalue weighted by atomic mass is 15.3. The van der Waals surface area contributed by atoms with Gasteiger partial charge in [-0.3, -0.25) is 4.98 Å². The van der Waals surface area contributed by atoms with Gasteiger partial charge in [0.25, 0.3) is 0 Å². The van der Waals surface area contributed by atoms with E-state index in [1.54, 1.807) is 12.4 Å². The first-order valence-electron chi connectivity index (χ1n) is 11.4. The second kappa shape index (κ2) is 9.92. The zero-order chi connectivity index (χ0) is 22.5. The van der Waals surface area contributed by atoms with E-state index in [-0.39, 0.29) is 6.04 Å². The van der Waals surface area contributed by atoms with Crippen molar-refractivity contribution in [2.24, 2.45) is 0 Å². The van der Waals surface area contributed by atoms with Crippen LogP contribution < -0.4 is 5.32 Å². The number of aromatic nitrogens is 4. The molecule has 1 N–H and O–H groups in total. The van der Waals surface area contributed by atoms with E-state index in [1.165, 1.54) is 18.4 Å². The minimum atomic E-state index is 0.225. The summed E-state index contributed by atoms with van der Waals surface area (Å²) in [6.45, 7) is 8.53. The van der Waals surface area contributed by atoms with Gasteiger partial charge in [0.15, 0.2) is 5.65 Å². The topological polar surface area (TPSA) is 58.9 Å². The highest BCUT2D eigenvalue weighted by Crippen LogP contribution is 2.31. The summed E-state index contributed by atoms with van der Waals surface area (Å²) in [6, 6.07) is 15.0. The number of hydrogen-bond acceptors (Lipinski definition) is 5. The van der Waals surface area contributed by atoms with E-state index < -0.39 is 0 Å². The largest absolute Gasteiger partial charge is 0.355 e. The van der Waals surface area contributed by atoms with Gasteiger partial charge in [0.1, 0.15) is 0 Å². The van der Waals surface area contributed by atoms with E-state index in [9.17, 15) is 0 Å². The Kier molecular flexibility index (Phi) is 6.81. The normalized spacial score (nSPS) is 11.6. The summed E-state index contributed by atoms with van der Waals surface area (Å²) >= 11 is 0. The Balaban J connectivity index is 1.74. The van der Waals surface area contributed by atoms with Crippen molar-refractivity contribution in [1.82, 2.24) is 24.6 Å². The fourth-order valence-corrected chi connectivity index (χ4v) is 3.89. The zero-order valence-electron chi connectivity index (χ0n) is 19.4. The molecule has 3 aromatic heterocycles. The lowest BCUT2D eigenvalue weighted by Gasteiger charge is -2.17. The van der Waals surface area contributed by atoms with Gasteiger partial charge in [-0.15, -0.1) is 0 Å². The fourth-order valence-electron chi connectivity index (χ4n) is 3.89. The molecule has 0 aliphatic heterocycles. The molecule has 0 bridgehead atoms. The first-order valence-corrected chi connectivity index (χ1v) is 11.4. The highest BCUT2D eigenvalue weighted by molar-refractivity contribution is 5.93. The van der Waals surface area contributed by atoms with Crippen LogP contribution in [0.4, 0.5) is 11.4 Å². The van der Waals surface area contributed by atoms with E-state index in [0.717, 1.165) is 46.8 Å². The molecule has 3 heterocycles. The lowest BCUT2D eigenvalue weighted by molar-refractivity contribution is 0.321. The molecule has 32 heavy (non-hydrogen) atoms. The van der Waals surface area contributed by atoms with Gasteiger partial charge in [-0.25, -0.2) is 9.67 Å². The SMILES string of the molecule is CCCCN(C)Cc1cccc(-c2cc(Nc3ccncc3)c3cnn(C(C)C)c3n2)c1. The average Bonchev–Trinajstić information content (AvgIpc) is 3.23. The maximum Gasteiger partial charge on any atom is 0.160 e.